The van der Waals surface area contributed by atoms with Gasteiger partial charge in [-0.25, -0.2) is 0 Å². The van der Waals surface area contributed by atoms with E-state index in [2.05, 4.69) is 0 Å². The van der Waals surface area contributed by atoms with Crippen molar-refractivity contribution in [3.8, 4) is 0 Å². The van der Waals surface area contributed by atoms with Gasteiger partial charge in [0.2, 0.25) is 0 Å². The monoisotopic (exact) mass is 264 g/mol. The maximum atomic E-state index is 11.4. The lowest BCUT2D eigenvalue weighted by molar-refractivity contribution is -0.384. The van der Waals surface area contributed by atoms with Crippen LogP contribution in [-0.2, 0) is 4.79 Å². The summed E-state index contributed by atoms with van der Waals surface area (Å²) in [5.74, 6) is -0.789. The number of hydrogen-bond acceptors (Lipinski definition) is 4. The maximum Gasteiger partial charge on any atom is 0.311 e. The fourth-order valence-electron chi connectivity index (χ4n) is 2.51. The molecular weight excluding hydrogens is 248 g/mol. The predicted octanol–water partition coefficient (Wildman–Crippen LogP) is 2.29. The van der Waals surface area contributed by atoms with Gasteiger partial charge < -0.3 is 10.0 Å². The van der Waals surface area contributed by atoms with Crippen LogP contribution in [0.15, 0.2) is 24.3 Å². The molecular formula is C13H16N2O4. The lowest BCUT2D eigenvalue weighted by Gasteiger charge is -2.24. The molecule has 0 bridgehead atoms. The van der Waals surface area contributed by atoms with E-state index in [9.17, 15) is 20.0 Å². The topological polar surface area (TPSA) is 83.7 Å². The molecule has 0 aromatic heterocycles. The molecule has 1 heterocycles. The lowest BCUT2D eigenvalue weighted by atomic mass is 9.84. The highest BCUT2D eigenvalue weighted by atomic mass is 16.6. The molecule has 19 heavy (non-hydrogen) atoms. The molecule has 6 heteroatoms. The zero-order valence-electron chi connectivity index (χ0n) is 10.7. The van der Waals surface area contributed by atoms with Crippen molar-refractivity contribution in [3.05, 3.63) is 34.4 Å². The van der Waals surface area contributed by atoms with Crippen LogP contribution in [-0.4, -0.2) is 29.1 Å². The van der Waals surface area contributed by atoms with Crippen molar-refractivity contribution in [2.75, 3.05) is 18.0 Å². The van der Waals surface area contributed by atoms with Crippen LogP contribution in [0.4, 0.5) is 11.4 Å². The second-order valence-corrected chi connectivity index (χ2v) is 4.89. The molecule has 0 aliphatic carbocycles. The van der Waals surface area contributed by atoms with E-state index in [1.165, 1.54) is 12.1 Å². The number of rotatable bonds is 4. The molecule has 1 aliphatic rings. The van der Waals surface area contributed by atoms with Gasteiger partial charge in [0.1, 0.15) is 0 Å². The van der Waals surface area contributed by atoms with E-state index < -0.39 is 16.3 Å². The van der Waals surface area contributed by atoms with Gasteiger partial charge >= 0.3 is 5.97 Å². The third-order valence-corrected chi connectivity index (χ3v) is 3.89. The number of benzene rings is 1. The molecule has 1 aromatic rings. The minimum atomic E-state index is -0.789. The smallest absolute Gasteiger partial charge is 0.311 e. The Bertz CT molecular complexity index is 517. The number of hydrogen-bond donors (Lipinski definition) is 1. The van der Waals surface area contributed by atoms with Crippen molar-refractivity contribution >= 4 is 17.3 Å². The standard InChI is InChI=1S/C13H16N2O4/c1-2-13(12(16)17)6-7-14(9-13)10-4-3-5-11(8-10)15(18)19/h3-5,8H,2,6-7,9H2,1H3,(H,16,17). The Kier molecular flexibility index (Phi) is 3.42. The molecule has 1 saturated heterocycles. The molecule has 0 saturated carbocycles. The summed E-state index contributed by atoms with van der Waals surface area (Å²) in [4.78, 5) is 23.6. The van der Waals surface area contributed by atoms with E-state index in [1.807, 2.05) is 11.8 Å². The third kappa shape index (κ3) is 2.38. The summed E-state index contributed by atoms with van der Waals surface area (Å²) in [6.45, 7) is 2.88. The summed E-state index contributed by atoms with van der Waals surface area (Å²) in [7, 11) is 0. The Balaban J connectivity index is 2.23. The first-order chi connectivity index (χ1) is 8.98. The van der Waals surface area contributed by atoms with Gasteiger partial charge in [-0.3, -0.25) is 14.9 Å². The molecule has 102 valence electrons. The van der Waals surface area contributed by atoms with Gasteiger partial charge in [-0.1, -0.05) is 13.0 Å². The highest BCUT2D eigenvalue weighted by Gasteiger charge is 2.43. The number of carboxylic acids is 1. The Morgan fingerprint density at radius 3 is 2.84 bits per heavy atom. The molecule has 2 rings (SSSR count). The Morgan fingerprint density at radius 2 is 2.32 bits per heavy atom. The highest BCUT2D eigenvalue weighted by Crippen LogP contribution is 2.37. The quantitative estimate of drug-likeness (QED) is 0.666. The zero-order chi connectivity index (χ0) is 14.0. The number of carboxylic acid groups (broad SMARTS) is 1. The van der Waals surface area contributed by atoms with Gasteiger partial charge in [0, 0.05) is 30.9 Å². The zero-order valence-corrected chi connectivity index (χ0v) is 10.7. The van der Waals surface area contributed by atoms with Crippen molar-refractivity contribution in [1.82, 2.24) is 0 Å². The first-order valence-electron chi connectivity index (χ1n) is 6.21. The summed E-state index contributed by atoms with van der Waals surface area (Å²) in [6, 6.07) is 6.33. The third-order valence-electron chi connectivity index (χ3n) is 3.89. The summed E-state index contributed by atoms with van der Waals surface area (Å²) in [5, 5.41) is 20.1. The number of nitrogens with zero attached hydrogens (tertiary/aromatic N) is 2. The molecule has 1 unspecified atom stereocenters. The molecule has 1 fully saturated rings. The summed E-state index contributed by atoms with van der Waals surface area (Å²) >= 11 is 0. The largest absolute Gasteiger partial charge is 0.481 e. The Hall–Kier alpha value is -2.11. The van der Waals surface area contributed by atoms with E-state index in [4.69, 9.17) is 0 Å². The van der Waals surface area contributed by atoms with Gasteiger partial charge in [-0.05, 0) is 18.9 Å². The van der Waals surface area contributed by atoms with Crippen LogP contribution in [0.3, 0.4) is 0 Å². The van der Waals surface area contributed by atoms with E-state index >= 15 is 0 Å². The summed E-state index contributed by atoms with van der Waals surface area (Å²) in [6.07, 6.45) is 1.13. The molecule has 1 atom stereocenters. The number of carbonyl (C=O) groups is 1. The minimum Gasteiger partial charge on any atom is -0.481 e. The summed E-state index contributed by atoms with van der Waals surface area (Å²) < 4.78 is 0. The fourth-order valence-corrected chi connectivity index (χ4v) is 2.51. The van der Waals surface area contributed by atoms with Crippen molar-refractivity contribution in [3.63, 3.8) is 0 Å². The van der Waals surface area contributed by atoms with Crippen LogP contribution in [0, 0.1) is 15.5 Å². The predicted molar refractivity (Wildman–Crippen MR) is 70.3 cm³/mol. The van der Waals surface area contributed by atoms with Gasteiger partial charge in [0.05, 0.1) is 10.3 Å². The van der Waals surface area contributed by atoms with Crippen LogP contribution < -0.4 is 4.90 Å². The van der Waals surface area contributed by atoms with Crippen LogP contribution in [0.25, 0.3) is 0 Å². The Labute approximate surface area is 110 Å². The molecule has 0 amide bonds. The highest BCUT2D eigenvalue weighted by molar-refractivity contribution is 5.77. The molecule has 1 aromatic carbocycles. The number of aliphatic carboxylic acids is 1. The van der Waals surface area contributed by atoms with Crippen LogP contribution >= 0.6 is 0 Å². The fraction of sp³-hybridized carbons (Fsp3) is 0.462. The van der Waals surface area contributed by atoms with Crippen molar-refractivity contribution in [2.45, 2.75) is 19.8 Å². The number of nitro groups is 1. The molecule has 1 aliphatic heterocycles. The van der Waals surface area contributed by atoms with E-state index in [0.717, 1.165) is 0 Å². The van der Waals surface area contributed by atoms with Crippen molar-refractivity contribution in [1.29, 1.82) is 0 Å². The van der Waals surface area contributed by atoms with Crippen molar-refractivity contribution in [2.24, 2.45) is 5.41 Å². The molecule has 0 spiro atoms. The van der Waals surface area contributed by atoms with Crippen LogP contribution in [0.2, 0.25) is 0 Å². The van der Waals surface area contributed by atoms with Gasteiger partial charge in [0.25, 0.3) is 5.69 Å². The van der Waals surface area contributed by atoms with Gasteiger partial charge in [-0.15, -0.1) is 0 Å². The van der Waals surface area contributed by atoms with Gasteiger partial charge in [-0.2, -0.15) is 0 Å². The van der Waals surface area contributed by atoms with E-state index in [0.29, 0.717) is 31.6 Å². The first-order valence-corrected chi connectivity index (χ1v) is 6.21. The van der Waals surface area contributed by atoms with E-state index in [-0.39, 0.29) is 5.69 Å². The number of nitro benzene ring substituents is 1. The number of anilines is 1. The molecule has 6 nitrogen and oxygen atoms in total. The average molecular weight is 264 g/mol. The second-order valence-electron chi connectivity index (χ2n) is 4.89. The first kappa shape index (κ1) is 13.3. The van der Waals surface area contributed by atoms with Gasteiger partial charge in [0.15, 0.2) is 0 Å². The lowest BCUT2D eigenvalue weighted by Crippen LogP contribution is -2.34. The van der Waals surface area contributed by atoms with Crippen molar-refractivity contribution < 1.29 is 14.8 Å². The SMILES string of the molecule is CCC1(C(=O)O)CCN(c2cccc([N+](=O)[O-])c2)C1. The normalized spacial score (nSPS) is 22.5. The van der Waals surface area contributed by atoms with Crippen LogP contribution in [0.1, 0.15) is 19.8 Å². The van der Waals surface area contributed by atoms with Crippen LogP contribution in [0.5, 0.6) is 0 Å². The summed E-state index contributed by atoms with van der Waals surface area (Å²) in [5.41, 5.74) is 0.0116. The minimum absolute atomic E-state index is 0.0295. The van der Waals surface area contributed by atoms with E-state index in [1.54, 1.807) is 12.1 Å². The number of non-ortho nitro benzene ring substituents is 1. The molecule has 0 radical (unpaired) electrons. The average Bonchev–Trinajstić information content (AvgIpc) is 2.84. The maximum absolute atomic E-state index is 11.4. The molecule has 1 N–H and O–H groups in total. The second kappa shape index (κ2) is 4.87. The Morgan fingerprint density at radius 1 is 1.58 bits per heavy atom.